The molecule has 1 aromatic rings. The Morgan fingerprint density at radius 2 is 2.00 bits per heavy atom. The van der Waals surface area contributed by atoms with E-state index in [0.717, 1.165) is 24.0 Å². The zero-order chi connectivity index (χ0) is 11.4. The predicted molar refractivity (Wildman–Crippen MR) is 61.3 cm³/mol. The maximum absolute atomic E-state index is 13.1. The highest BCUT2D eigenvalue weighted by Crippen LogP contribution is 2.23. The molecule has 0 saturated heterocycles. The molecular formula is C13H18FNO. The van der Waals surface area contributed by atoms with Gasteiger partial charge in [0.05, 0.1) is 12.7 Å². The molecule has 0 amide bonds. The average Bonchev–Trinajstić information content (AvgIpc) is 2.79. The van der Waals surface area contributed by atoms with Crippen LogP contribution in [0.3, 0.4) is 0 Å². The van der Waals surface area contributed by atoms with Crippen LogP contribution in [0.15, 0.2) is 18.2 Å². The summed E-state index contributed by atoms with van der Waals surface area (Å²) in [5, 5.41) is 0. The maximum Gasteiger partial charge on any atom is 0.123 e. The second kappa shape index (κ2) is 5.41. The van der Waals surface area contributed by atoms with Crippen LogP contribution in [0.1, 0.15) is 36.8 Å². The molecule has 0 radical (unpaired) electrons. The lowest BCUT2D eigenvalue weighted by Crippen LogP contribution is -2.10. The van der Waals surface area contributed by atoms with E-state index in [1.54, 1.807) is 6.07 Å². The van der Waals surface area contributed by atoms with Crippen molar-refractivity contribution in [2.45, 2.75) is 44.9 Å². The minimum absolute atomic E-state index is 0.220. The summed E-state index contributed by atoms with van der Waals surface area (Å²) >= 11 is 0. The van der Waals surface area contributed by atoms with E-state index in [2.05, 4.69) is 0 Å². The molecule has 0 unspecified atom stereocenters. The Bertz CT molecular complexity index is 348. The molecule has 1 fully saturated rings. The molecule has 88 valence electrons. The normalized spacial score (nSPS) is 16.9. The minimum Gasteiger partial charge on any atom is -0.374 e. The van der Waals surface area contributed by atoms with Gasteiger partial charge in [0, 0.05) is 6.54 Å². The molecule has 16 heavy (non-hydrogen) atoms. The monoisotopic (exact) mass is 223 g/mol. The first kappa shape index (κ1) is 11.6. The Hall–Kier alpha value is -0.930. The van der Waals surface area contributed by atoms with Gasteiger partial charge in [-0.3, -0.25) is 0 Å². The molecule has 0 atom stereocenters. The molecular weight excluding hydrogens is 205 g/mol. The summed E-state index contributed by atoms with van der Waals surface area (Å²) in [4.78, 5) is 0. The summed E-state index contributed by atoms with van der Waals surface area (Å²) in [5.41, 5.74) is 7.46. The Labute approximate surface area is 95.6 Å². The van der Waals surface area contributed by atoms with E-state index in [4.69, 9.17) is 10.5 Å². The molecule has 0 bridgehead atoms. The fourth-order valence-corrected chi connectivity index (χ4v) is 2.19. The van der Waals surface area contributed by atoms with Crippen LogP contribution in [-0.2, 0) is 17.9 Å². The smallest absolute Gasteiger partial charge is 0.123 e. The van der Waals surface area contributed by atoms with E-state index in [-0.39, 0.29) is 5.82 Å². The van der Waals surface area contributed by atoms with Crippen molar-refractivity contribution in [2.24, 2.45) is 5.73 Å². The largest absolute Gasteiger partial charge is 0.374 e. The van der Waals surface area contributed by atoms with Crippen LogP contribution in [0.25, 0.3) is 0 Å². The molecule has 1 aromatic carbocycles. The minimum atomic E-state index is -0.220. The number of hydrogen-bond donors (Lipinski definition) is 1. The van der Waals surface area contributed by atoms with Gasteiger partial charge in [0.15, 0.2) is 0 Å². The van der Waals surface area contributed by atoms with Crippen LogP contribution in [0.5, 0.6) is 0 Å². The van der Waals surface area contributed by atoms with Crippen LogP contribution in [0, 0.1) is 5.82 Å². The van der Waals surface area contributed by atoms with Gasteiger partial charge in [-0.25, -0.2) is 4.39 Å². The van der Waals surface area contributed by atoms with Crippen molar-refractivity contribution in [1.82, 2.24) is 0 Å². The molecule has 2 rings (SSSR count). The van der Waals surface area contributed by atoms with Crippen LogP contribution >= 0.6 is 0 Å². The highest BCUT2D eigenvalue weighted by molar-refractivity contribution is 5.27. The molecule has 3 heteroatoms. The van der Waals surface area contributed by atoms with Gasteiger partial charge in [-0.05, 0) is 36.1 Å². The molecule has 1 aliphatic carbocycles. The molecule has 0 aliphatic heterocycles. The first-order valence-corrected chi connectivity index (χ1v) is 5.88. The van der Waals surface area contributed by atoms with E-state index >= 15 is 0 Å². The Kier molecular flexibility index (Phi) is 3.91. The van der Waals surface area contributed by atoms with Gasteiger partial charge in [-0.2, -0.15) is 0 Å². The Morgan fingerprint density at radius 1 is 1.25 bits per heavy atom. The zero-order valence-electron chi connectivity index (χ0n) is 9.42. The van der Waals surface area contributed by atoms with Crippen LogP contribution < -0.4 is 5.73 Å². The van der Waals surface area contributed by atoms with Gasteiger partial charge in [0.2, 0.25) is 0 Å². The summed E-state index contributed by atoms with van der Waals surface area (Å²) in [6.45, 7) is 0.915. The molecule has 1 saturated carbocycles. The molecule has 0 heterocycles. The molecule has 1 aliphatic rings. The number of benzene rings is 1. The van der Waals surface area contributed by atoms with Crippen molar-refractivity contribution in [1.29, 1.82) is 0 Å². The van der Waals surface area contributed by atoms with Crippen LogP contribution in [0.4, 0.5) is 4.39 Å². The SMILES string of the molecule is NCc1ccc(F)cc1COC1CCCC1. The van der Waals surface area contributed by atoms with Crippen molar-refractivity contribution in [3.63, 3.8) is 0 Å². The lowest BCUT2D eigenvalue weighted by atomic mass is 10.1. The lowest BCUT2D eigenvalue weighted by Gasteiger charge is -2.13. The van der Waals surface area contributed by atoms with Gasteiger partial charge in [-0.15, -0.1) is 0 Å². The summed E-state index contributed by atoms with van der Waals surface area (Å²) in [5.74, 6) is -0.220. The van der Waals surface area contributed by atoms with Crippen molar-refractivity contribution < 1.29 is 9.13 Å². The quantitative estimate of drug-likeness (QED) is 0.851. The van der Waals surface area contributed by atoms with Gasteiger partial charge < -0.3 is 10.5 Å². The lowest BCUT2D eigenvalue weighted by molar-refractivity contribution is 0.0452. The van der Waals surface area contributed by atoms with Crippen molar-refractivity contribution >= 4 is 0 Å². The summed E-state index contributed by atoms with van der Waals surface area (Å²) in [6, 6.07) is 4.71. The van der Waals surface area contributed by atoms with E-state index in [9.17, 15) is 4.39 Å². The molecule has 0 aromatic heterocycles. The number of hydrogen-bond acceptors (Lipinski definition) is 2. The van der Waals surface area contributed by atoms with E-state index < -0.39 is 0 Å². The van der Waals surface area contributed by atoms with Crippen molar-refractivity contribution in [3.8, 4) is 0 Å². The second-order valence-corrected chi connectivity index (χ2v) is 4.33. The van der Waals surface area contributed by atoms with Crippen molar-refractivity contribution in [3.05, 3.63) is 35.1 Å². The third-order valence-electron chi connectivity index (χ3n) is 3.16. The number of nitrogens with two attached hydrogens (primary N) is 1. The van der Waals surface area contributed by atoms with E-state index in [1.165, 1.54) is 25.0 Å². The highest BCUT2D eigenvalue weighted by atomic mass is 19.1. The van der Waals surface area contributed by atoms with Crippen LogP contribution in [-0.4, -0.2) is 6.10 Å². The average molecular weight is 223 g/mol. The standard InChI is InChI=1S/C13H18FNO/c14-12-6-5-10(8-15)11(7-12)9-16-13-3-1-2-4-13/h5-7,13H,1-4,8-9,15H2. The van der Waals surface area contributed by atoms with Gasteiger partial charge >= 0.3 is 0 Å². The van der Waals surface area contributed by atoms with Crippen molar-refractivity contribution in [2.75, 3.05) is 0 Å². The van der Waals surface area contributed by atoms with E-state index in [0.29, 0.717) is 19.3 Å². The first-order chi connectivity index (χ1) is 7.79. The fraction of sp³-hybridized carbons (Fsp3) is 0.538. The predicted octanol–water partition coefficient (Wildman–Crippen LogP) is 2.74. The summed E-state index contributed by atoms with van der Waals surface area (Å²) in [7, 11) is 0. The Morgan fingerprint density at radius 3 is 2.69 bits per heavy atom. The summed E-state index contributed by atoms with van der Waals surface area (Å²) in [6.07, 6.45) is 5.12. The van der Waals surface area contributed by atoms with Gasteiger partial charge in [0.25, 0.3) is 0 Å². The zero-order valence-corrected chi connectivity index (χ0v) is 9.42. The van der Waals surface area contributed by atoms with Crippen LogP contribution in [0.2, 0.25) is 0 Å². The number of rotatable bonds is 4. The number of ether oxygens (including phenoxy) is 1. The van der Waals surface area contributed by atoms with Gasteiger partial charge in [0.1, 0.15) is 5.82 Å². The molecule has 2 nitrogen and oxygen atoms in total. The topological polar surface area (TPSA) is 35.2 Å². The number of halogens is 1. The maximum atomic E-state index is 13.1. The molecule has 2 N–H and O–H groups in total. The third kappa shape index (κ3) is 2.80. The first-order valence-electron chi connectivity index (χ1n) is 5.88. The summed E-state index contributed by atoms with van der Waals surface area (Å²) < 4.78 is 18.9. The fourth-order valence-electron chi connectivity index (χ4n) is 2.19. The molecule has 0 spiro atoms. The van der Waals surface area contributed by atoms with Gasteiger partial charge in [-0.1, -0.05) is 18.9 Å². The Balaban J connectivity index is 1.98. The van der Waals surface area contributed by atoms with E-state index in [1.807, 2.05) is 0 Å². The highest BCUT2D eigenvalue weighted by Gasteiger charge is 2.15. The second-order valence-electron chi connectivity index (χ2n) is 4.33. The third-order valence-corrected chi connectivity index (χ3v) is 3.16.